The number of anilines is 1. The Hall–Kier alpha value is -4.01. The lowest BCUT2D eigenvalue weighted by Crippen LogP contribution is -2.22. The number of benzene rings is 1. The molecule has 0 spiro atoms. The summed E-state index contributed by atoms with van der Waals surface area (Å²) in [5.74, 6) is 0.171. The van der Waals surface area contributed by atoms with E-state index in [-0.39, 0.29) is 17.4 Å². The van der Waals surface area contributed by atoms with Crippen molar-refractivity contribution in [2.45, 2.75) is 46.6 Å². The zero-order chi connectivity index (χ0) is 24.9. The predicted molar refractivity (Wildman–Crippen MR) is 131 cm³/mol. The van der Waals surface area contributed by atoms with E-state index in [1.165, 1.54) is 6.33 Å². The number of nitrogens with one attached hydrogen (secondary N) is 1. The van der Waals surface area contributed by atoms with Crippen LogP contribution in [0.4, 0.5) is 5.69 Å². The molecule has 1 atom stereocenters. The predicted octanol–water partition coefficient (Wildman–Crippen LogP) is 4.18. The fraction of sp³-hybridized carbons (Fsp3) is 0.320. The average Bonchev–Trinajstić information content (AvgIpc) is 3.25. The minimum absolute atomic E-state index is 0.0418. The van der Waals surface area contributed by atoms with Gasteiger partial charge in [0.1, 0.15) is 12.1 Å². The van der Waals surface area contributed by atoms with Crippen LogP contribution in [0.25, 0.3) is 10.9 Å². The van der Waals surface area contributed by atoms with Crippen molar-refractivity contribution in [3.8, 4) is 5.88 Å². The molecule has 1 unspecified atom stereocenters. The van der Waals surface area contributed by atoms with Crippen molar-refractivity contribution >= 4 is 28.4 Å². The Labute approximate surface area is 198 Å². The molecule has 2 heterocycles. The van der Waals surface area contributed by atoms with E-state index in [1.54, 1.807) is 36.5 Å². The van der Waals surface area contributed by atoms with Crippen molar-refractivity contribution in [1.82, 2.24) is 19.7 Å². The summed E-state index contributed by atoms with van der Waals surface area (Å²) < 4.78 is 7.77. The number of rotatable bonds is 8. The maximum absolute atomic E-state index is 12.4. The van der Waals surface area contributed by atoms with Gasteiger partial charge in [0.25, 0.3) is 0 Å². The second-order valence-electron chi connectivity index (χ2n) is 9.00. The smallest absolute Gasteiger partial charge is 0.248 e. The quantitative estimate of drug-likeness (QED) is 0.382. The van der Waals surface area contributed by atoms with Crippen LogP contribution in [0.1, 0.15) is 51.4 Å². The molecule has 1 aromatic carbocycles. The van der Waals surface area contributed by atoms with Crippen molar-refractivity contribution in [1.29, 1.82) is 0 Å². The van der Waals surface area contributed by atoms with Crippen LogP contribution in [-0.2, 0) is 10.3 Å². The number of hydrogen-bond donors (Lipinski definition) is 2. The molecule has 2 amide bonds. The molecule has 0 aliphatic heterocycles. The fourth-order valence-corrected chi connectivity index (χ4v) is 3.15. The average molecular weight is 463 g/mol. The van der Waals surface area contributed by atoms with Crippen LogP contribution in [0.15, 0.2) is 60.9 Å². The number of carbonyl (C=O) groups is 2. The number of fused-ring (bicyclic) bond motifs is 1. The first-order chi connectivity index (χ1) is 16.1. The summed E-state index contributed by atoms with van der Waals surface area (Å²) in [5, 5.41) is 7.76. The summed E-state index contributed by atoms with van der Waals surface area (Å²) in [6, 6.07) is 4.92. The van der Waals surface area contributed by atoms with Crippen LogP contribution in [0.5, 0.6) is 5.88 Å². The van der Waals surface area contributed by atoms with E-state index < -0.39 is 5.91 Å². The van der Waals surface area contributed by atoms with Gasteiger partial charge in [0, 0.05) is 18.2 Å². The van der Waals surface area contributed by atoms with E-state index in [9.17, 15) is 9.59 Å². The number of carbonyl (C=O) groups excluding carboxylic acids is 2. The van der Waals surface area contributed by atoms with E-state index in [0.29, 0.717) is 40.2 Å². The lowest BCUT2D eigenvalue weighted by atomic mass is 10.1. The summed E-state index contributed by atoms with van der Waals surface area (Å²) in [4.78, 5) is 32.4. The van der Waals surface area contributed by atoms with Gasteiger partial charge in [-0.15, -0.1) is 0 Å². The maximum atomic E-state index is 12.4. The number of nitrogens with two attached hydrogens (primary N) is 1. The molecule has 2 aromatic heterocycles. The molecule has 34 heavy (non-hydrogen) atoms. The summed E-state index contributed by atoms with van der Waals surface area (Å²) in [6.07, 6.45) is 10.6. The van der Waals surface area contributed by atoms with Crippen LogP contribution in [-0.4, -0.2) is 31.6 Å². The molecule has 0 bridgehead atoms. The molecule has 3 rings (SSSR count). The normalized spacial score (nSPS) is 13.3. The van der Waals surface area contributed by atoms with Gasteiger partial charge in [-0.05, 0) is 64.0 Å². The molecular weight excluding hydrogens is 432 g/mol. The molecule has 3 N–H and O–H groups in total. The maximum Gasteiger partial charge on any atom is 0.248 e. The minimum atomic E-state index is -0.541. The van der Waals surface area contributed by atoms with E-state index in [1.807, 2.05) is 51.6 Å². The minimum Gasteiger partial charge on any atom is -0.439 e. The second kappa shape index (κ2) is 10.3. The van der Waals surface area contributed by atoms with Gasteiger partial charge in [-0.3, -0.25) is 14.3 Å². The number of primary amides is 1. The van der Waals surface area contributed by atoms with Gasteiger partial charge in [0.15, 0.2) is 0 Å². The third-order valence-electron chi connectivity index (χ3n) is 5.03. The largest absolute Gasteiger partial charge is 0.439 e. The number of amides is 2. The highest BCUT2D eigenvalue weighted by Crippen LogP contribution is 2.25. The first-order valence-corrected chi connectivity index (χ1v) is 11.0. The highest BCUT2D eigenvalue weighted by molar-refractivity contribution is 5.98. The molecule has 0 aliphatic rings. The fourth-order valence-electron chi connectivity index (χ4n) is 3.15. The molecule has 9 nitrogen and oxygen atoms in total. The van der Waals surface area contributed by atoms with Crippen LogP contribution >= 0.6 is 0 Å². The zero-order valence-electron chi connectivity index (χ0n) is 20.1. The van der Waals surface area contributed by atoms with E-state index in [0.717, 1.165) is 0 Å². The number of nitrogens with zero attached hydrogens (tertiary/aromatic N) is 4. The van der Waals surface area contributed by atoms with Crippen LogP contribution in [0, 0.1) is 5.92 Å². The molecular formula is C25H30N6O3. The van der Waals surface area contributed by atoms with Crippen LogP contribution in [0.3, 0.4) is 0 Å². The number of allylic oxidation sites excluding steroid dienone is 3. The number of aromatic nitrogens is 4. The molecule has 0 aliphatic carbocycles. The standard InChI is InChI=1S/C25H30N6O3/c1-6-19(34-24-20-12-17(23(26)33)8-10-21(20)27-15-28-24)9-7-16(2)11-22(32)30-18-13-29-31(14-18)25(3,4)5/h6-10,12-16H,11H2,1-5H3,(H2,26,33)(H,30,32)/b9-7-,19-6+. The Morgan fingerprint density at radius 2 is 2.03 bits per heavy atom. The Bertz CT molecular complexity index is 1250. The van der Waals surface area contributed by atoms with Crippen LogP contribution < -0.4 is 15.8 Å². The van der Waals surface area contributed by atoms with E-state index in [4.69, 9.17) is 10.5 Å². The monoisotopic (exact) mass is 462 g/mol. The molecule has 3 aromatic rings. The van der Waals surface area contributed by atoms with Crippen molar-refractivity contribution in [3.63, 3.8) is 0 Å². The van der Waals surface area contributed by atoms with Crippen molar-refractivity contribution in [2.24, 2.45) is 11.7 Å². The first-order valence-electron chi connectivity index (χ1n) is 11.0. The third-order valence-corrected chi connectivity index (χ3v) is 5.03. The summed E-state index contributed by atoms with van der Waals surface area (Å²) in [5.41, 5.74) is 6.88. The Balaban J connectivity index is 1.64. The molecule has 0 saturated heterocycles. The molecule has 0 fully saturated rings. The Morgan fingerprint density at radius 1 is 1.26 bits per heavy atom. The van der Waals surface area contributed by atoms with Crippen molar-refractivity contribution < 1.29 is 14.3 Å². The first kappa shape index (κ1) is 24.6. The van der Waals surface area contributed by atoms with Crippen LogP contribution in [0.2, 0.25) is 0 Å². The summed E-state index contributed by atoms with van der Waals surface area (Å²) in [6.45, 7) is 9.91. The van der Waals surface area contributed by atoms with Gasteiger partial charge in [-0.1, -0.05) is 13.0 Å². The van der Waals surface area contributed by atoms with Crippen molar-refractivity contribution in [2.75, 3.05) is 5.32 Å². The highest BCUT2D eigenvalue weighted by Gasteiger charge is 2.15. The Kier molecular flexibility index (Phi) is 7.45. The van der Waals surface area contributed by atoms with Gasteiger partial charge >= 0.3 is 0 Å². The van der Waals surface area contributed by atoms with E-state index >= 15 is 0 Å². The van der Waals surface area contributed by atoms with Gasteiger partial charge in [-0.2, -0.15) is 5.10 Å². The highest BCUT2D eigenvalue weighted by atomic mass is 16.5. The van der Waals surface area contributed by atoms with Gasteiger partial charge in [0.2, 0.25) is 17.7 Å². The van der Waals surface area contributed by atoms with E-state index in [2.05, 4.69) is 20.4 Å². The topological polar surface area (TPSA) is 125 Å². The summed E-state index contributed by atoms with van der Waals surface area (Å²) >= 11 is 0. The molecule has 9 heteroatoms. The molecule has 178 valence electrons. The molecule has 0 radical (unpaired) electrons. The Morgan fingerprint density at radius 3 is 2.68 bits per heavy atom. The van der Waals surface area contributed by atoms with Gasteiger partial charge in [-0.25, -0.2) is 9.97 Å². The third kappa shape index (κ3) is 6.28. The second-order valence-corrected chi connectivity index (χ2v) is 9.00. The lowest BCUT2D eigenvalue weighted by molar-refractivity contribution is -0.116. The zero-order valence-corrected chi connectivity index (χ0v) is 20.1. The lowest BCUT2D eigenvalue weighted by Gasteiger charge is -2.18. The number of hydrogen-bond acceptors (Lipinski definition) is 6. The molecule has 0 saturated carbocycles. The van der Waals surface area contributed by atoms with Gasteiger partial charge < -0.3 is 15.8 Å². The van der Waals surface area contributed by atoms with Crippen molar-refractivity contribution in [3.05, 3.63) is 66.5 Å². The summed E-state index contributed by atoms with van der Waals surface area (Å²) in [7, 11) is 0. The number of ether oxygens (including phenoxy) is 1. The van der Waals surface area contributed by atoms with Gasteiger partial charge in [0.05, 0.1) is 28.3 Å². The SMILES string of the molecule is C/C=C(\C=C/C(C)CC(=O)Nc1cnn(C(C)(C)C)c1)Oc1ncnc2ccc(C(N)=O)cc12.